The van der Waals surface area contributed by atoms with E-state index in [1.165, 1.54) is 12.1 Å². The summed E-state index contributed by atoms with van der Waals surface area (Å²) >= 11 is 0. The Morgan fingerprint density at radius 3 is 2.67 bits per heavy atom. The number of aromatic nitrogens is 2. The molecule has 0 bridgehead atoms. The van der Waals surface area contributed by atoms with Crippen LogP contribution in [0.15, 0.2) is 30.6 Å². The molecule has 5 heterocycles. The van der Waals surface area contributed by atoms with Gasteiger partial charge >= 0.3 is 0 Å². The molecular weight excluding hydrogens is 424 g/mol. The summed E-state index contributed by atoms with van der Waals surface area (Å²) < 4.78 is 36.2. The van der Waals surface area contributed by atoms with Crippen LogP contribution in [0.25, 0.3) is 27.3 Å². The van der Waals surface area contributed by atoms with Gasteiger partial charge in [0.1, 0.15) is 0 Å². The van der Waals surface area contributed by atoms with Gasteiger partial charge in [-0.05, 0) is 55.6 Å². The van der Waals surface area contributed by atoms with Crippen LogP contribution >= 0.6 is 0 Å². The third-order valence-electron chi connectivity index (χ3n) is 7.47. The molecule has 5 nitrogen and oxygen atoms in total. The van der Waals surface area contributed by atoms with Crippen LogP contribution in [0.2, 0.25) is 0 Å². The zero-order valence-electron chi connectivity index (χ0n) is 18.7. The third-order valence-corrected chi connectivity index (χ3v) is 7.47. The van der Waals surface area contributed by atoms with Gasteiger partial charge in [0, 0.05) is 47.8 Å². The molecule has 6 rings (SSSR count). The zero-order chi connectivity index (χ0) is 22.7. The first kappa shape index (κ1) is 21.0. The summed E-state index contributed by atoms with van der Waals surface area (Å²) in [5, 5.41) is 12.9. The van der Waals surface area contributed by atoms with Gasteiger partial charge in [-0.2, -0.15) is 0 Å². The second-order valence-corrected chi connectivity index (χ2v) is 9.44. The van der Waals surface area contributed by atoms with Gasteiger partial charge < -0.3 is 14.2 Å². The molecule has 1 atom stereocenters. The molecule has 3 aromatic heterocycles. The molecule has 33 heavy (non-hydrogen) atoms. The fourth-order valence-electron chi connectivity index (χ4n) is 5.53. The van der Waals surface area contributed by atoms with Crippen molar-refractivity contribution in [1.82, 2.24) is 14.3 Å². The lowest BCUT2D eigenvalue weighted by Crippen LogP contribution is -2.26. The first-order chi connectivity index (χ1) is 16.0. The average Bonchev–Trinajstić information content (AvgIpc) is 3.40. The van der Waals surface area contributed by atoms with Crippen LogP contribution in [-0.2, 0) is 23.5 Å². The highest BCUT2D eigenvalue weighted by atomic mass is 19.2. The van der Waals surface area contributed by atoms with E-state index in [1.54, 1.807) is 0 Å². The van der Waals surface area contributed by atoms with Crippen molar-refractivity contribution in [2.45, 2.75) is 51.4 Å². The quantitative estimate of drug-likeness (QED) is 0.475. The van der Waals surface area contributed by atoms with Crippen molar-refractivity contribution in [3.63, 3.8) is 0 Å². The molecule has 0 saturated carbocycles. The highest BCUT2D eigenvalue weighted by Crippen LogP contribution is 2.38. The van der Waals surface area contributed by atoms with Crippen LogP contribution in [0.1, 0.15) is 49.3 Å². The summed E-state index contributed by atoms with van der Waals surface area (Å²) in [5.74, 6) is -1.75. The number of hydrogen-bond donors (Lipinski definition) is 1. The van der Waals surface area contributed by atoms with Crippen molar-refractivity contribution < 1.29 is 18.6 Å². The minimum Gasteiger partial charge on any atom is -0.385 e. The Balaban J connectivity index is 1.66. The Morgan fingerprint density at radius 1 is 1.09 bits per heavy atom. The molecule has 4 aromatic rings. The molecule has 0 amide bonds. The van der Waals surface area contributed by atoms with E-state index in [4.69, 9.17) is 9.72 Å². The lowest BCUT2D eigenvalue weighted by atomic mass is 9.86. The van der Waals surface area contributed by atoms with E-state index in [2.05, 4.69) is 4.90 Å². The van der Waals surface area contributed by atoms with Crippen molar-refractivity contribution in [3.8, 4) is 0 Å². The van der Waals surface area contributed by atoms with Gasteiger partial charge in [-0.25, -0.2) is 13.8 Å². The number of aliphatic hydroxyl groups is 1. The van der Waals surface area contributed by atoms with Crippen molar-refractivity contribution >= 4 is 27.3 Å². The van der Waals surface area contributed by atoms with E-state index < -0.39 is 17.2 Å². The smallest absolute Gasteiger partial charge is 0.161 e. The second kappa shape index (κ2) is 7.72. The molecule has 1 saturated heterocycles. The van der Waals surface area contributed by atoms with Gasteiger partial charge in [0.05, 0.1) is 35.4 Å². The maximum absolute atomic E-state index is 14.3. The number of halogens is 2. The summed E-state index contributed by atoms with van der Waals surface area (Å²) in [4.78, 5) is 7.15. The van der Waals surface area contributed by atoms with Crippen molar-refractivity contribution in [3.05, 3.63) is 58.9 Å². The first-order valence-electron chi connectivity index (χ1n) is 11.7. The van der Waals surface area contributed by atoms with E-state index in [1.807, 2.05) is 29.8 Å². The fourth-order valence-corrected chi connectivity index (χ4v) is 5.53. The number of pyridine rings is 2. The van der Waals surface area contributed by atoms with E-state index in [0.29, 0.717) is 43.5 Å². The Kier molecular flexibility index (Phi) is 4.90. The monoisotopic (exact) mass is 451 g/mol. The SMILES string of the molecule is CCC1(O)CCOCc2cn3cc4c(CN5CCCC5)c5cc(F)c(F)cc5nc4c3cc21. The third kappa shape index (κ3) is 3.33. The molecular formula is C26H27F2N3O2. The van der Waals surface area contributed by atoms with Crippen molar-refractivity contribution in [1.29, 1.82) is 0 Å². The molecule has 1 unspecified atom stereocenters. The highest BCUT2D eigenvalue weighted by molar-refractivity contribution is 6.04. The minimum atomic E-state index is -0.964. The first-order valence-corrected chi connectivity index (χ1v) is 11.7. The van der Waals surface area contributed by atoms with Crippen LogP contribution in [0.4, 0.5) is 8.78 Å². The van der Waals surface area contributed by atoms with Crippen LogP contribution in [-0.4, -0.2) is 39.1 Å². The van der Waals surface area contributed by atoms with Gasteiger partial charge in [-0.15, -0.1) is 0 Å². The van der Waals surface area contributed by atoms with Gasteiger partial charge in [-0.1, -0.05) is 6.92 Å². The predicted octanol–water partition coefficient (Wildman–Crippen LogP) is 5.03. The number of nitrogens with zero attached hydrogens (tertiary/aromatic N) is 3. The Labute approximate surface area is 190 Å². The predicted molar refractivity (Wildman–Crippen MR) is 123 cm³/mol. The fraction of sp³-hybridized carbons (Fsp3) is 0.423. The van der Waals surface area contributed by atoms with E-state index in [9.17, 15) is 13.9 Å². The molecule has 2 aliphatic rings. The van der Waals surface area contributed by atoms with Crippen LogP contribution in [0.3, 0.4) is 0 Å². The molecule has 1 fully saturated rings. The van der Waals surface area contributed by atoms with E-state index in [0.717, 1.165) is 59.0 Å². The topological polar surface area (TPSA) is 50.0 Å². The standard InChI is InChI=1S/C26H27F2N3O2/c1-2-26(32)5-8-33-15-16-12-31-14-19-18(13-30-6-3-4-7-30)17-9-21(27)22(28)11-23(17)29-25(19)24(31)10-20(16)26/h9-12,14,32H,2-8,13,15H2,1H3. The number of ether oxygens (including phenoxy) is 1. The van der Waals surface area contributed by atoms with Gasteiger partial charge in [0.2, 0.25) is 0 Å². The number of rotatable bonds is 3. The average molecular weight is 452 g/mol. The normalized spacial score (nSPS) is 21.8. The summed E-state index contributed by atoms with van der Waals surface area (Å²) in [5.41, 5.74) is 3.87. The Morgan fingerprint density at radius 2 is 1.88 bits per heavy atom. The van der Waals surface area contributed by atoms with Crippen molar-refractivity contribution in [2.75, 3.05) is 19.7 Å². The summed E-state index contributed by atoms with van der Waals surface area (Å²) in [7, 11) is 0. The molecule has 1 N–H and O–H groups in total. The molecule has 2 aliphatic heterocycles. The Bertz CT molecular complexity index is 1390. The minimum absolute atomic E-state index is 0.439. The Hall–Kier alpha value is -2.61. The molecule has 7 heteroatoms. The summed E-state index contributed by atoms with van der Waals surface area (Å²) in [6.45, 7) is 5.58. The summed E-state index contributed by atoms with van der Waals surface area (Å²) in [6, 6.07) is 4.48. The number of fused-ring (bicyclic) bond motifs is 5. The summed E-state index contributed by atoms with van der Waals surface area (Å²) in [6.07, 6.45) is 7.44. The largest absolute Gasteiger partial charge is 0.385 e. The zero-order valence-corrected chi connectivity index (χ0v) is 18.7. The number of likely N-dealkylation sites (tertiary alicyclic amines) is 1. The van der Waals surface area contributed by atoms with Gasteiger partial charge in [0.15, 0.2) is 11.6 Å². The van der Waals surface area contributed by atoms with Crippen LogP contribution < -0.4 is 0 Å². The van der Waals surface area contributed by atoms with Gasteiger partial charge in [-0.3, -0.25) is 4.90 Å². The van der Waals surface area contributed by atoms with Crippen LogP contribution in [0.5, 0.6) is 0 Å². The maximum Gasteiger partial charge on any atom is 0.161 e. The van der Waals surface area contributed by atoms with E-state index in [-0.39, 0.29) is 0 Å². The molecule has 0 spiro atoms. The maximum atomic E-state index is 14.3. The molecule has 0 aliphatic carbocycles. The number of benzene rings is 1. The molecule has 0 radical (unpaired) electrons. The molecule has 1 aromatic carbocycles. The second-order valence-electron chi connectivity index (χ2n) is 9.44. The lowest BCUT2D eigenvalue weighted by molar-refractivity contribution is 0.00232. The van der Waals surface area contributed by atoms with E-state index >= 15 is 0 Å². The number of hydrogen-bond acceptors (Lipinski definition) is 4. The highest BCUT2D eigenvalue weighted by Gasteiger charge is 2.32. The lowest BCUT2D eigenvalue weighted by Gasteiger charge is -2.27. The molecule has 172 valence electrons. The van der Waals surface area contributed by atoms with Gasteiger partial charge in [0.25, 0.3) is 0 Å². The van der Waals surface area contributed by atoms with Crippen LogP contribution in [0, 0.1) is 11.6 Å². The van der Waals surface area contributed by atoms with Crippen molar-refractivity contribution in [2.24, 2.45) is 0 Å².